The average molecular weight is 235 g/mol. The molecule has 0 saturated carbocycles. The van der Waals surface area contributed by atoms with Crippen molar-refractivity contribution < 1.29 is 9.21 Å². The van der Waals surface area contributed by atoms with Crippen molar-refractivity contribution in [2.75, 3.05) is 6.54 Å². The fraction of sp³-hybridized carbons (Fsp3) is 0.250. The van der Waals surface area contributed by atoms with Gasteiger partial charge in [-0.05, 0) is 30.5 Å². The summed E-state index contributed by atoms with van der Waals surface area (Å²) in [5, 5.41) is 4.75. The zero-order valence-electron chi connectivity index (χ0n) is 9.03. The summed E-state index contributed by atoms with van der Waals surface area (Å²) < 4.78 is 5.41. The Morgan fingerprint density at radius 1 is 1.44 bits per heavy atom. The molecule has 3 nitrogen and oxygen atoms in total. The van der Waals surface area contributed by atoms with Gasteiger partial charge in [-0.15, -0.1) is 11.3 Å². The van der Waals surface area contributed by atoms with Gasteiger partial charge >= 0.3 is 0 Å². The van der Waals surface area contributed by atoms with E-state index in [1.807, 2.05) is 36.6 Å². The molecule has 0 saturated heterocycles. The first-order valence-electron chi connectivity index (χ1n) is 5.13. The number of nitrogens with one attached hydrogen (secondary N) is 1. The van der Waals surface area contributed by atoms with Crippen LogP contribution in [-0.2, 0) is 6.42 Å². The van der Waals surface area contributed by atoms with E-state index in [1.54, 1.807) is 0 Å². The van der Waals surface area contributed by atoms with Gasteiger partial charge in [0.15, 0.2) is 0 Å². The minimum atomic E-state index is -0.0155. The van der Waals surface area contributed by atoms with E-state index in [1.165, 1.54) is 11.3 Å². The first kappa shape index (κ1) is 11.0. The third-order valence-corrected chi connectivity index (χ3v) is 3.07. The van der Waals surface area contributed by atoms with E-state index in [2.05, 4.69) is 5.32 Å². The zero-order valence-corrected chi connectivity index (χ0v) is 9.84. The van der Waals surface area contributed by atoms with E-state index < -0.39 is 0 Å². The van der Waals surface area contributed by atoms with Gasteiger partial charge in [0.25, 0.3) is 5.91 Å². The molecule has 0 radical (unpaired) electrons. The number of furan rings is 1. The Balaban J connectivity index is 1.78. The topological polar surface area (TPSA) is 42.2 Å². The SMILES string of the molecule is Cc1ccc(CCNC(=O)c2cccs2)o1. The number of hydrogen-bond acceptors (Lipinski definition) is 3. The molecule has 0 aliphatic carbocycles. The quantitative estimate of drug-likeness (QED) is 0.885. The van der Waals surface area contributed by atoms with Crippen molar-refractivity contribution in [1.82, 2.24) is 5.32 Å². The van der Waals surface area contributed by atoms with Gasteiger partial charge in [-0.1, -0.05) is 6.07 Å². The van der Waals surface area contributed by atoms with Crippen molar-refractivity contribution in [3.8, 4) is 0 Å². The second-order valence-electron chi connectivity index (χ2n) is 3.50. The maximum Gasteiger partial charge on any atom is 0.261 e. The lowest BCUT2D eigenvalue weighted by Crippen LogP contribution is -2.24. The standard InChI is InChI=1S/C12H13NO2S/c1-9-4-5-10(15-9)6-7-13-12(14)11-3-2-8-16-11/h2-5,8H,6-7H2,1H3,(H,13,14). The molecule has 2 aromatic rings. The first-order valence-corrected chi connectivity index (χ1v) is 6.00. The molecule has 0 aliphatic rings. The monoisotopic (exact) mass is 235 g/mol. The summed E-state index contributed by atoms with van der Waals surface area (Å²) in [5.41, 5.74) is 0. The third kappa shape index (κ3) is 2.73. The fourth-order valence-electron chi connectivity index (χ4n) is 1.41. The normalized spacial score (nSPS) is 10.3. The van der Waals surface area contributed by atoms with E-state index in [0.717, 1.165) is 22.8 Å². The minimum absolute atomic E-state index is 0.0155. The van der Waals surface area contributed by atoms with Crippen LogP contribution in [0.15, 0.2) is 34.1 Å². The highest BCUT2D eigenvalue weighted by Crippen LogP contribution is 2.08. The number of amides is 1. The lowest BCUT2D eigenvalue weighted by molar-refractivity contribution is 0.0958. The van der Waals surface area contributed by atoms with Gasteiger partial charge in [0.1, 0.15) is 11.5 Å². The lowest BCUT2D eigenvalue weighted by atomic mass is 10.3. The van der Waals surface area contributed by atoms with Crippen LogP contribution in [0.5, 0.6) is 0 Å². The highest BCUT2D eigenvalue weighted by Gasteiger charge is 2.05. The molecule has 2 rings (SSSR count). The van der Waals surface area contributed by atoms with Crippen LogP contribution in [-0.4, -0.2) is 12.5 Å². The second kappa shape index (κ2) is 4.99. The molecule has 1 N–H and O–H groups in total. The Morgan fingerprint density at radius 3 is 2.94 bits per heavy atom. The molecule has 0 atom stereocenters. The van der Waals surface area contributed by atoms with E-state index in [-0.39, 0.29) is 5.91 Å². The van der Waals surface area contributed by atoms with Gasteiger partial charge in [-0.2, -0.15) is 0 Å². The van der Waals surface area contributed by atoms with Crippen LogP contribution in [0.3, 0.4) is 0 Å². The highest BCUT2D eigenvalue weighted by molar-refractivity contribution is 7.12. The van der Waals surface area contributed by atoms with Crippen molar-refractivity contribution in [1.29, 1.82) is 0 Å². The first-order chi connectivity index (χ1) is 7.75. The third-order valence-electron chi connectivity index (χ3n) is 2.20. The van der Waals surface area contributed by atoms with Gasteiger partial charge in [0.05, 0.1) is 4.88 Å². The molecule has 2 heterocycles. The summed E-state index contributed by atoms with van der Waals surface area (Å²) in [6.07, 6.45) is 0.727. The van der Waals surface area contributed by atoms with Crippen LogP contribution in [0.1, 0.15) is 21.2 Å². The molecule has 0 spiro atoms. The maximum absolute atomic E-state index is 11.6. The molecule has 1 amide bonds. The van der Waals surface area contributed by atoms with E-state index >= 15 is 0 Å². The largest absolute Gasteiger partial charge is 0.466 e. The Hall–Kier alpha value is -1.55. The van der Waals surface area contributed by atoms with Gasteiger partial charge in [-0.25, -0.2) is 0 Å². The van der Waals surface area contributed by atoms with Gasteiger partial charge < -0.3 is 9.73 Å². The van der Waals surface area contributed by atoms with Gasteiger partial charge in [-0.3, -0.25) is 4.79 Å². The molecule has 0 bridgehead atoms. The summed E-state index contributed by atoms with van der Waals surface area (Å²) in [4.78, 5) is 12.3. The Labute approximate surface area is 98.1 Å². The molecule has 2 aromatic heterocycles. The van der Waals surface area contributed by atoms with Crippen LogP contribution in [0.2, 0.25) is 0 Å². The number of carbonyl (C=O) groups is 1. The Kier molecular flexibility index (Phi) is 3.41. The molecular formula is C12H13NO2S. The maximum atomic E-state index is 11.6. The van der Waals surface area contributed by atoms with E-state index in [9.17, 15) is 4.79 Å². The minimum Gasteiger partial charge on any atom is -0.466 e. The van der Waals surface area contributed by atoms with Crippen LogP contribution in [0.4, 0.5) is 0 Å². The van der Waals surface area contributed by atoms with Gasteiger partial charge in [0.2, 0.25) is 0 Å². The Bertz CT molecular complexity index is 459. The zero-order chi connectivity index (χ0) is 11.4. The van der Waals surface area contributed by atoms with Crippen molar-refractivity contribution in [2.45, 2.75) is 13.3 Å². The molecule has 0 fully saturated rings. The van der Waals surface area contributed by atoms with Crippen LogP contribution < -0.4 is 5.32 Å². The Morgan fingerprint density at radius 2 is 2.31 bits per heavy atom. The predicted molar refractivity (Wildman–Crippen MR) is 63.8 cm³/mol. The van der Waals surface area contributed by atoms with E-state index in [4.69, 9.17) is 4.42 Å². The molecule has 16 heavy (non-hydrogen) atoms. The summed E-state index contributed by atoms with van der Waals surface area (Å²) in [7, 11) is 0. The smallest absolute Gasteiger partial charge is 0.261 e. The van der Waals surface area contributed by atoms with Crippen LogP contribution in [0, 0.1) is 6.92 Å². The van der Waals surface area contributed by atoms with Crippen LogP contribution >= 0.6 is 11.3 Å². The summed E-state index contributed by atoms with van der Waals surface area (Å²) >= 11 is 1.45. The molecular weight excluding hydrogens is 222 g/mol. The highest BCUT2D eigenvalue weighted by atomic mass is 32.1. The number of hydrogen-bond donors (Lipinski definition) is 1. The van der Waals surface area contributed by atoms with Gasteiger partial charge in [0, 0.05) is 13.0 Å². The molecule has 0 unspecified atom stereocenters. The summed E-state index contributed by atoms with van der Waals surface area (Å²) in [5.74, 6) is 1.79. The summed E-state index contributed by atoms with van der Waals surface area (Å²) in [6.45, 7) is 2.51. The predicted octanol–water partition coefficient (Wildman–Crippen LogP) is 2.62. The number of thiophene rings is 1. The number of rotatable bonds is 4. The molecule has 0 aromatic carbocycles. The second-order valence-corrected chi connectivity index (χ2v) is 4.44. The number of aryl methyl sites for hydroxylation is 1. The lowest BCUT2D eigenvalue weighted by Gasteiger charge is -2.01. The molecule has 84 valence electrons. The average Bonchev–Trinajstić information content (AvgIpc) is 2.89. The summed E-state index contributed by atoms with van der Waals surface area (Å²) in [6, 6.07) is 7.55. The van der Waals surface area contributed by atoms with Crippen molar-refractivity contribution in [3.05, 3.63) is 46.0 Å². The molecule has 0 aliphatic heterocycles. The van der Waals surface area contributed by atoms with Crippen LogP contribution in [0.25, 0.3) is 0 Å². The molecule has 4 heteroatoms. The van der Waals surface area contributed by atoms with E-state index in [0.29, 0.717) is 6.54 Å². The van der Waals surface area contributed by atoms with Crippen molar-refractivity contribution in [3.63, 3.8) is 0 Å². The number of carbonyl (C=O) groups excluding carboxylic acids is 1. The fourth-order valence-corrected chi connectivity index (χ4v) is 2.05. The van der Waals surface area contributed by atoms with Crippen molar-refractivity contribution in [2.24, 2.45) is 0 Å². The van der Waals surface area contributed by atoms with Crippen molar-refractivity contribution >= 4 is 17.2 Å².